The summed E-state index contributed by atoms with van der Waals surface area (Å²) in [5, 5.41) is 11.6. The molecule has 0 aliphatic carbocycles. The number of nitrogens with two attached hydrogens (primary N) is 1. The second-order valence-electron chi connectivity index (χ2n) is 5.95. The quantitative estimate of drug-likeness (QED) is 0.289. The van der Waals surface area contributed by atoms with Crippen LogP contribution in [0.25, 0.3) is 0 Å². The van der Waals surface area contributed by atoms with Crippen LogP contribution in [0.3, 0.4) is 0 Å². The number of nitrogens with zero attached hydrogens (tertiary/aromatic N) is 1. The molecule has 7 nitrogen and oxygen atoms in total. The van der Waals surface area contributed by atoms with Crippen molar-refractivity contribution in [1.29, 1.82) is 0 Å². The van der Waals surface area contributed by atoms with Gasteiger partial charge in [-0.25, -0.2) is 13.6 Å². The molecule has 0 amide bonds. The molecule has 0 bridgehead atoms. The Morgan fingerprint density at radius 3 is 2.42 bits per heavy atom. The van der Waals surface area contributed by atoms with Crippen LogP contribution in [0.2, 0.25) is 0 Å². The number of sulfonamides is 1. The average molecular weight is 385 g/mol. The predicted molar refractivity (Wildman–Crippen MR) is 106 cm³/mol. The van der Waals surface area contributed by atoms with Gasteiger partial charge in [-0.3, -0.25) is 4.99 Å². The van der Waals surface area contributed by atoms with Crippen LogP contribution in [0.5, 0.6) is 0 Å². The average Bonchev–Trinajstić information content (AvgIpc) is 2.60. The number of hydrogen-bond donors (Lipinski definition) is 3. The molecule has 0 atom stereocenters. The topological polar surface area (TPSA) is 106 Å². The number of unbranched alkanes of at least 4 members (excludes halogenated alkanes) is 1. The van der Waals surface area contributed by atoms with Crippen molar-refractivity contribution in [2.24, 2.45) is 10.1 Å². The highest BCUT2D eigenvalue weighted by Crippen LogP contribution is 2.08. The van der Waals surface area contributed by atoms with E-state index >= 15 is 0 Å². The molecule has 0 unspecified atom stereocenters. The zero-order valence-electron chi connectivity index (χ0n) is 15.8. The predicted octanol–water partition coefficient (Wildman–Crippen LogP) is 1.64. The van der Waals surface area contributed by atoms with E-state index in [1.165, 1.54) is 12.1 Å². The molecule has 0 heterocycles. The van der Waals surface area contributed by atoms with Crippen LogP contribution in [0.4, 0.5) is 0 Å². The van der Waals surface area contributed by atoms with Crippen LogP contribution in [0.1, 0.15) is 38.7 Å². The second kappa shape index (κ2) is 12.7. The first-order valence-corrected chi connectivity index (χ1v) is 10.7. The van der Waals surface area contributed by atoms with E-state index in [9.17, 15) is 8.42 Å². The van der Waals surface area contributed by atoms with Gasteiger partial charge in [-0.05, 0) is 43.9 Å². The van der Waals surface area contributed by atoms with E-state index in [4.69, 9.17) is 9.88 Å². The molecule has 0 aliphatic heterocycles. The van der Waals surface area contributed by atoms with E-state index < -0.39 is 10.0 Å². The van der Waals surface area contributed by atoms with Crippen LogP contribution >= 0.6 is 0 Å². The summed E-state index contributed by atoms with van der Waals surface area (Å²) >= 11 is 0. The SMILES string of the molecule is CCCCOCCCN=C(NCC)NCCc1ccc(S(N)(=O)=O)cc1. The van der Waals surface area contributed by atoms with Gasteiger partial charge >= 0.3 is 0 Å². The van der Waals surface area contributed by atoms with Crippen molar-refractivity contribution in [3.8, 4) is 0 Å². The largest absolute Gasteiger partial charge is 0.381 e. The van der Waals surface area contributed by atoms with E-state index in [0.717, 1.165) is 57.0 Å². The van der Waals surface area contributed by atoms with Gasteiger partial charge in [-0.1, -0.05) is 25.5 Å². The van der Waals surface area contributed by atoms with Crippen molar-refractivity contribution >= 4 is 16.0 Å². The summed E-state index contributed by atoms with van der Waals surface area (Å²) in [7, 11) is -3.64. The Bertz CT molecular complexity index is 630. The molecule has 148 valence electrons. The molecule has 1 aromatic rings. The van der Waals surface area contributed by atoms with E-state index in [-0.39, 0.29) is 4.90 Å². The fourth-order valence-corrected chi connectivity index (χ4v) is 2.73. The van der Waals surface area contributed by atoms with Crippen molar-refractivity contribution in [3.05, 3.63) is 29.8 Å². The Morgan fingerprint density at radius 2 is 1.81 bits per heavy atom. The third kappa shape index (κ3) is 9.74. The standard InChI is InChI=1S/C18H32N4O3S/c1-3-5-14-25-15-6-12-21-18(20-4-2)22-13-11-16-7-9-17(10-8-16)26(19,23)24/h7-10H,3-6,11-15H2,1-2H3,(H2,19,23,24)(H2,20,21,22). The highest BCUT2D eigenvalue weighted by atomic mass is 32.2. The zero-order chi connectivity index (χ0) is 19.3. The summed E-state index contributed by atoms with van der Waals surface area (Å²) in [6, 6.07) is 6.61. The number of benzene rings is 1. The van der Waals surface area contributed by atoms with Crippen molar-refractivity contribution < 1.29 is 13.2 Å². The monoisotopic (exact) mass is 384 g/mol. The Labute approximate surface area is 157 Å². The molecule has 0 radical (unpaired) electrons. The molecule has 0 aliphatic rings. The Hall–Kier alpha value is -1.64. The van der Waals surface area contributed by atoms with Crippen molar-refractivity contribution in [3.63, 3.8) is 0 Å². The number of ether oxygens (including phenoxy) is 1. The molecular weight excluding hydrogens is 352 g/mol. The van der Waals surface area contributed by atoms with Gasteiger partial charge in [0, 0.05) is 32.8 Å². The van der Waals surface area contributed by atoms with Crippen LogP contribution in [-0.4, -0.2) is 47.2 Å². The van der Waals surface area contributed by atoms with Gasteiger partial charge in [0.25, 0.3) is 0 Å². The lowest BCUT2D eigenvalue weighted by Gasteiger charge is -2.11. The normalized spacial score (nSPS) is 12.2. The van der Waals surface area contributed by atoms with Crippen LogP contribution in [0, 0.1) is 0 Å². The molecule has 0 saturated heterocycles. The molecule has 0 fully saturated rings. The third-order valence-corrected chi connectivity index (χ3v) is 4.59. The smallest absolute Gasteiger partial charge is 0.238 e. The molecule has 1 aromatic carbocycles. The lowest BCUT2D eigenvalue weighted by molar-refractivity contribution is 0.130. The van der Waals surface area contributed by atoms with Gasteiger partial charge in [0.1, 0.15) is 0 Å². The first-order chi connectivity index (χ1) is 12.5. The number of hydrogen-bond acceptors (Lipinski definition) is 4. The summed E-state index contributed by atoms with van der Waals surface area (Å²) in [5.41, 5.74) is 1.03. The van der Waals surface area contributed by atoms with E-state index in [1.54, 1.807) is 12.1 Å². The van der Waals surface area contributed by atoms with Gasteiger partial charge in [-0.15, -0.1) is 0 Å². The highest BCUT2D eigenvalue weighted by molar-refractivity contribution is 7.89. The molecule has 8 heteroatoms. The minimum Gasteiger partial charge on any atom is -0.381 e. The fourth-order valence-electron chi connectivity index (χ4n) is 2.22. The summed E-state index contributed by atoms with van der Waals surface area (Å²) in [4.78, 5) is 4.66. The van der Waals surface area contributed by atoms with Crippen LogP contribution in [-0.2, 0) is 21.2 Å². The molecule has 1 rings (SSSR count). The molecule has 0 aromatic heterocycles. The number of aliphatic imine (C=N–C) groups is 1. The highest BCUT2D eigenvalue weighted by Gasteiger charge is 2.06. The van der Waals surface area contributed by atoms with Crippen molar-refractivity contribution in [1.82, 2.24) is 10.6 Å². The minimum atomic E-state index is -3.64. The Balaban J connectivity index is 2.35. The summed E-state index contributed by atoms with van der Waals surface area (Å²) in [6.45, 7) is 7.94. The second-order valence-corrected chi connectivity index (χ2v) is 7.51. The van der Waals surface area contributed by atoms with Crippen LogP contribution in [0.15, 0.2) is 34.2 Å². The van der Waals surface area contributed by atoms with E-state index in [0.29, 0.717) is 13.1 Å². The van der Waals surface area contributed by atoms with Crippen LogP contribution < -0.4 is 15.8 Å². The van der Waals surface area contributed by atoms with Gasteiger partial charge in [0.15, 0.2) is 5.96 Å². The molecule has 26 heavy (non-hydrogen) atoms. The Kier molecular flexibility index (Phi) is 10.9. The number of guanidine groups is 1. The number of primary sulfonamides is 1. The molecule has 4 N–H and O–H groups in total. The maximum atomic E-state index is 11.3. The first kappa shape index (κ1) is 22.4. The maximum Gasteiger partial charge on any atom is 0.238 e. The fraction of sp³-hybridized carbons (Fsp3) is 0.611. The molecule has 0 saturated carbocycles. The zero-order valence-corrected chi connectivity index (χ0v) is 16.6. The maximum absolute atomic E-state index is 11.3. The number of nitrogens with one attached hydrogen (secondary N) is 2. The minimum absolute atomic E-state index is 0.130. The van der Waals surface area contributed by atoms with Gasteiger partial charge in [0.2, 0.25) is 10.0 Å². The Morgan fingerprint density at radius 1 is 1.12 bits per heavy atom. The molecular formula is C18H32N4O3S. The number of rotatable bonds is 12. The lowest BCUT2D eigenvalue weighted by atomic mass is 10.1. The molecule has 0 spiro atoms. The summed E-state index contributed by atoms with van der Waals surface area (Å²) in [5.74, 6) is 0.780. The van der Waals surface area contributed by atoms with Crippen molar-refractivity contribution in [2.75, 3.05) is 32.8 Å². The van der Waals surface area contributed by atoms with E-state index in [1.807, 2.05) is 6.92 Å². The van der Waals surface area contributed by atoms with Crippen molar-refractivity contribution in [2.45, 2.75) is 44.4 Å². The van der Waals surface area contributed by atoms with Gasteiger partial charge in [0.05, 0.1) is 4.90 Å². The van der Waals surface area contributed by atoms with E-state index in [2.05, 4.69) is 22.5 Å². The first-order valence-electron chi connectivity index (χ1n) is 9.19. The summed E-state index contributed by atoms with van der Waals surface area (Å²) in [6.07, 6.45) is 3.91. The third-order valence-electron chi connectivity index (χ3n) is 3.66. The summed E-state index contributed by atoms with van der Waals surface area (Å²) < 4.78 is 28.0. The van der Waals surface area contributed by atoms with Gasteiger partial charge in [-0.2, -0.15) is 0 Å². The van der Waals surface area contributed by atoms with Gasteiger partial charge < -0.3 is 15.4 Å². The lowest BCUT2D eigenvalue weighted by Crippen LogP contribution is -2.38.